The summed E-state index contributed by atoms with van der Waals surface area (Å²) in [5, 5.41) is 0. The van der Waals surface area contributed by atoms with E-state index in [0.29, 0.717) is 27.8 Å². The van der Waals surface area contributed by atoms with Crippen LogP contribution in [0.15, 0.2) is 72.8 Å². The molecule has 1 saturated heterocycles. The highest BCUT2D eigenvalue weighted by Gasteiger charge is 2.74. The van der Waals surface area contributed by atoms with Crippen molar-refractivity contribution in [2.45, 2.75) is 42.2 Å². The van der Waals surface area contributed by atoms with Crippen molar-refractivity contribution < 1.29 is 28.7 Å². The number of benzene rings is 3. The molecule has 3 aromatic carbocycles. The van der Waals surface area contributed by atoms with Gasteiger partial charge in [0.1, 0.15) is 15.8 Å². The number of aryl methyl sites for hydroxylation is 1. The Bertz CT molecular complexity index is 1560. The summed E-state index contributed by atoms with van der Waals surface area (Å²) in [6.07, 6.45) is -1.97. The molecule has 0 unspecified atom stereocenters. The second kappa shape index (κ2) is 9.78. The van der Waals surface area contributed by atoms with Gasteiger partial charge in [-0.2, -0.15) is 0 Å². The van der Waals surface area contributed by atoms with E-state index in [-0.39, 0.29) is 0 Å². The van der Waals surface area contributed by atoms with Crippen LogP contribution in [0.25, 0.3) is 0 Å². The molecule has 3 aliphatic carbocycles. The second-order valence-electron chi connectivity index (χ2n) is 11.0. The molecule has 4 aliphatic rings. The summed E-state index contributed by atoms with van der Waals surface area (Å²) in [7, 11) is 0. The van der Waals surface area contributed by atoms with Crippen LogP contribution in [0.1, 0.15) is 51.5 Å². The molecule has 2 bridgehead atoms. The number of primary amides is 1. The second-order valence-corrected chi connectivity index (χ2v) is 12.2. The molecule has 214 valence electrons. The number of carbonyl (C=O) groups is 5. The third-order valence-corrected chi connectivity index (χ3v) is 9.88. The lowest BCUT2D eigenvalue weighted by Gasteiger charge is -2.54. The Labute approximate surface area is 251 Å². The summed E-state index contributed by atoms with van der Waals surface area (Å²) in [5.41, 5.74) is 9.10. The van der Waals surface area contributed by atoms with Crippen molar-refractivity contribution in [2.24, 2.45) is 17.6 Å². The average molecular weight is 605 g/mol. The van der Waals surface area contributed by atoms with E-state index < -0.39 is 69.6 Å². The normalized spacial score (nSPS) is 26.6. The third-order valence-electron chi connectivity index (χ3n) is 8.60. The van der Waals surface area contributed by atoms with Crippen LogP contribution in [0.2, 0.25) is 0 Å². The van der Waals surface area contributed by atoms with E-state index in [9.17, 15) is 24.0 Å². The number of rotatable bonds is 7. The number of ether oxygens (including phenoxy) is 1. The Kier molecular flexibility index (Phi) is 6.55. The SMILES string of the molecule is Cc1ccc(C(=O)[C@H](C)OC(=O)[C@@H](CC(N)=O)N2C(=O)[C@H]3[C@H](C2=O)C2(Cl)c4ccccc4C3(Cl)c3ccccc32)cc1. The van der Waals surface area contributed by atoms with Crippen molar-refractivity contribution in [2.75, 3.05) is 0 Å². The van der Waals surface area contributed by atoms with Gasteiger partial charge in [0.2, 0.25) is 23.5 Å². The van der Waals surface area contributed by atoms with Crippen LogP contribution in [0.5, 0.6) is 0 Å². The van der Waals surface area contributed by atoms with Crippen molar-refractivity contribution in [3.63, 3.8) is 0 Å². The Morgan fingerprint density at radius 3 is 1.67 bits per heavy atom. The van der Waals surface area contributed by atoms with E-state index in [0.717, 1.165) is 10.5 Å². The van der Waals surface area contributed by atoms with Crippen LogP contribution in [0.3, 0.4) is 0 Å². The van der Waals surface area contributed by atoms with Crippen molar-refractivity contribution in [1.82, 2.24) is 4.90 Å². The van der Waals surface area contributed by atoms with E-state index >= 15 is 0 Å². The first-order valence-electron chi connectivity index (χ1n) is 13.5. The van der Waals surface area contributed by atoms with E-state index in [4.69, 9.17) is 33.7 Å². The minimum atomic E-state index is -1.72. The third kappa shape index (κ3) is 3.78. The highest BCUT2D eigenvalue weighted by Crippen LogP contribution is 2.69. The maximum Gasteiger partial charge on any atom is 0.330 e. The van der Waals surface area contributed by atoms with Gasteiger partial charge in [-0.05, 0) is 36.1 Å². The molecule has 4 atom stereocenters. The first kappa shape index (κ1) is 28.1. The molecule has 0 aromatic heterocycles. The zero-order chi connectivity index (χ0) is 30.1. The maximum atomic E-state index is 14.2. The van der Waals surface area contributed by atoms with Crippen LogP contribution in [-0.2, 0) is 33.7 Å². The zero-order valence-corrected chi connectivity index (χ0v) is 24.2. The van der Waals surface area contributed by atoms with Gasteiger partial charge in [-0.25, -0.2) is 4.79 Å². The van der Waals surface area contributed by atoms with Crippen LogP contribution in [0, 0.1) is 18.8 Å². The maximum absolute atomic E-state index is 14.2. The number of esters is 1. The summed E-state index contributed by atoms with van der Waals surface area (Å²) < 4.78 is 5.46. The number of nitrogens with zero attached hydrogens (tertiary/aromatic N) is 1. The van der Waals surface area contributed by atoms with Gasteiger partial charge in [0.15, 0.2) is 6.10 Å². The largest absolute Gasteiger partial charge is 0.453 e. The van der Waals surface area contributed by atoms with Crippen LogP contribution >= 0.6 is 23.2 Å². The van der Waals surface area contributed by atoms with E-state index in [2.05, 4.69) is 0 Å². The molecule has 3 amide bonds. The smallest absolute Gasteiger partial charge is 0.330 e. The lowest BCUT2D eigenvalue weighted by Crippen LogP contribution is -2.57. The molecule has 42 heavy (non-hydrogen) atoms. The molecule has 8 nitrogen and oxygen atoms in total. The number of likely N-dealkylation sites (tertiary alicyclic amines) is 1. The molecule has 0 radical (unpaired) electrons. The number of hydrogen-bond acceptors (Lipinski definition) is 6. The Morgan fingerprint density at radius 1 is 0.833 bits per heavy atom. The highest BCUT2D eigenvalue weighted by atomic mass is 35.5. The molecule has 0 saturated carbocycles. The van der Waals surface area contributed by atoms with Gasteiger partial charge in [-0.3, -0.25) is 24.1 Å². The summed E-state index contributed by atoms with van der Waals surface area (Å²) in [6.45, 7) is 3.25. The fourth-order valence-electron chi connectivity index (χ4n) is 6.73. The van der Waals surface area contributed by atoms with Gasteiger partial charge in [-0.15, -0.1) is 23.2 Å². The number of nitrogens with two attached hydrogens (primary N) is 1. The monoisotopic (exact) mass is 604 g/mol. The van der Waals surface area contributed by atoms with Gasteiger partial charge in [0.25, 0.3) is 0 Å². The fraction of sp³-hybridized carbons (Fsp3) is 0.281. The van der Waals surface area contributed by atoms with E-state index in [1.54, 1.807) is 72.8 Å². The highest BCUT2D eigenvalue weighted by molar-refractivity contribution is 6.36. The minimum absolute atomic E-state index is 0.312. The van der Waals surface area contributed by atoms with E-state index in [1.165, 1.54) is 6.92 Å². The molecule has 2 N–H and O–H groups in total. The number of halogens is 2. The standard InChI is InChI=1S/C32H26Cl2N2O6/c1-16-11-13-18(14-12-16)27(38)17(2)42-30(41)23(15-24(35)37)36-28(39)25-26(29(36)40)32(34)20-8-4-3-7-19(20)31(25,33)21-9-5-6-10-22(21)32/h3-14,17,23,25-26H,15H2,1-2H3,(H2,35,37)/t17-,23+,25+,26+,31?,32?/m0/s1. The number of amides is 3. The minimum Gasteiger partial charge on any atom is -0.453 e. The first-order valence-corrected chi connectivity index (χ1v) is 14.2. The van der Waals surface area contributed by atoms with Gasteiger partial charge in [0.05, 0.1) is 18.3 Å². The van der Waals surface area contributed by atoms with Gasteiger partial charge >= 0.3 is 5.97 Å². The number of carbonyl (C=O) groups excluding carboxylic acids is 5. The number of hydrogen-bond donors (Lipinski definition) is 1. The van der Waals surface area contributed by atoms with Crippen molar-refractivity contribution in [3.8, 4) is 0 Å². The van der Waals surface area contributed by atoms with Crippen LogP contribution < -0.4 is 5.73 Å². The van der Waals surface area contributed by atoms with Crippen molar-refractivity contribution in [1.29, 1.82) is 0 Å². The molecule has 3 aromatic rings. The van der Waals surface area contributed by atoms with Gasteiger partial charge in [-0.1, -0.05) is 78.4 Å². The Balaban J connectivity index is 1.40. The molecule has 1 fully saturated rings. The topological polar surface area (TPSA) is 124 Å². The predicted molar refractivity (Wildman–Crippen MR) is 154 cm³/mol. The summed E-state index contributed by atoms with van der Waals surface area (Å²) >= 11 is 14.9. The fourth-order valence-corrected chi connectivity index (χ4v) is 7.82. The molecule has 1 aliphatic heterocycles. The van der Waals surface area contributed by atoms with Crippen LogP contribution in [0.4, 0.5) is 0 Å². The Morgan fingerprint density at radius 2 is 1.26 bits per heavy atom. The number of imide groups is 1. The number of ketones is 1. The predicted octanol–water partition coefficient (Wildman–Crippen LogP) is 3.95. The zero-order valence-electron chi connectivity index (χ0n) is 22.7. The lowest BCUT2D eigenvalue weighted by atomic mass is 9.54. The molecule has 0 spiro atoms. The lowest BCUT2D eigenvalue weighted by molar-refractivity contribution is -0.161. The van der Waals surface area contributed by atoms with Gasteiger partial charge < -0.3 is 10.5 Å². The Hall–Kier alpha value is -4.01. The van der Waals surface area contributed by atoms with E-state index in [1.807, 2.05) is 6.92 Å². The summed E-state index contributed by atoms with van der Waals surface area (Å²) in [5.74, 6) is -6.44. The molecule has 10 heteroatoms. The molecular formula is C32H26Cl2N2O6. The first-order chi connectivity index (χ1) is 19.9. The molecule has 7 rings (SSSR count). The summed E-state index contributed by atoms with van der Waals surface area (Å²) in [4.78, 5) is 64.9. The van der Waals surface area contributed by atoms with Crippen molar-refractivity contribution >= 4 is 52.7 Å². The number of Topliss-reactive ketones (excluding diaryl/α,β-unsaturated/α-hetero) is 1. The van der Waals surface area contributed by atoms with Crippen LogP contribution in [-0.4, -0.2) is 46.5 Å². The van der Waals surface area contributed by atoms with Gasteiger partial charge in [0, 0.05) is 5.56 Å². The van der Waals surface area contributed by atoms with Crippen molar-refractivity contribution in [3.05, 3.63) is 106 Å². The summed E-state index contributed by atoms with van der Waals surface area (Å²) in [6, 6.07) is 19.2. The number of alkyl halides is 2. The molecular weight excluding hydrogens is 579 g/mol. The molecule has 1 heterocycles. The average Bonchev–Trinajstić information content (AvgIpc) is 3.25. The quantitative estimate of drug-likeness (QED) is 0.188.